The van der Waals surface area contributed by atoms with Crippen LogP contribution < -0.4 is 20.1 Å². The molecule has 5 nitrogen and oxygen atoms in total. The highest BCUT2D eigenvalue weighted by Crippen LogP contribution is 2.31. The van der Waals surface area contributed by atoms with E-state index in [-0.39, 0.29) is 23.8 Å². The van der Waals surface area contributed by atoms with Crippen molar-refractivity contribution >= 4 is 11.6 Å². The summed E-state index contributed by atoms with van der Waals surface area (Å²) in [7, 11) is 0. The Morgan fingerprint density at radius 1 is 1.25 bits per heavy atom. The van der Waals surface area contributed by atoms with Crippen molar-refractivity contribution in [1.29, 1.82) is 0 Å². The first kappa shape index (κ1) is 18.3. The van der Waals surface area contributed by atoms with E-state index < -0.39 is 19.0 Å². The van der Waals surface area contributed by atoms with Crippen molar-refractivity contribution in [1.82, 2.24) is 5.32 Å². The first-order valence-electron chi connectivity index (χ1n) is 7.48. The van der Waals surface area contributed by atoms with Crippen molar-refractivity contribution in [2.24, 2.45) is 5.92 Å². The van der Waals surface area contributed by atoms with Crippen LogP contribution in [-0.2, 0) is 4.79 Å². The molecule has 9 heteroatoms. The number of amides is 1. The molecular weight excluding hydrogens is 332 g/mol. The molecule has 1 saturated heterocycles. The fourth-order valence-corrected chi connectivity index (χ4v) is 2.48. The zero-order valence-corrected chi connectivity index (χ0v) is 12.7. The maximum absolute atomic E-state index is 12.5. The SMILES string of the molecule is O=C(CCC1CCNC1)Nc1ccc(OC(F)F)cc1OC(F)F. The average molecular weight is 350 g/mol. The Morgan fingerprint density at radius 2 is 2.00 bits per heavy atom. The van der Waals surface area contributed by atoms with Crippen molar-refractivity contribution in [2.75, 3.05) is 18.4 Å². The van der Waals surface area contributed by atoms with Crippen molar-refractivity contribution in [3.63, 3.8) is 0 Å². The number of hydrogen-bond donors (Lipinski definition) is 2. The highest BCUT2D eigenvalue weighted by molar-refractivity contribution is 5.92. The van der Waals surface area contributed by atoms with Crippen LogP contribution in [0.15, 0.2) is 18.2 Å². The van der Waals surface area contributed by atoms with Crippen LogP contribution in [0, 0.1) is 5.92 Å². The lowest BCUT2D eigenvalue weighted by molar-refractivity contribution is -0.116. The molecule has 134 valence electrons. The number of nitrogens with one attached hydrogen (secondary N) is 2. The fourth-order valence-electron chi connectivity index (χ4n) is 2.48. The summed E-state index contributed by atoms with van der Waals surface area (Å²) in [4.78, 5) is 11.9. The average Bonchev–Trinajstić information content (AvgIpc) is 3.00. The minimum atomic E-state index is -3.16. The number of rotatable bonds is 8. The summed E-state index contributed by atoms with van der Waals surface area (Å²) in [5.74, 6) is -0.715. The minimum Gasteiger partial charge on any atom is -0.435 e. The lowest BCUT2D eigenvalue weighted by Crippen LogP contribution is -2.16. The van der Waals surface area contributed by atoms with Crippen LogP contribution in [0.4, 0.5) is 23.2 Å². The first-order chi connectivity index (χ1) is 11.4. The lowest BCUT2D eigenvalue weighted by Gasteiger charge is -2.14. The molecule has 0 bridgehead atoms. The molecule has 0 aliphatic carbocycles. The maximum atomic E-state index is 12.5. The van der Waals surface area contributed by atoms with Gasteiger partial charge in [0.15, 0.2) is 5.75 Å². The number of carbonyl (C=O) groups is 1. The third-order valence-corrected chi connectivity index (χ3v) is 3.61. The molecule has 24 heavy (non-hydrogen) atoms. The third kappa shape index (κ3) is 5.88. The number of carbonyl (C=O) groups excluding carboxylic acids is 1. The predicted molar refractivity (Wildman–Crippen MR) is 78.5 cm³/mol. The van der Waals surface area contributed by atoms with Gasteiger partial charge in [-0.2, -0.15) is 17.6 Å². The first-order valence-corrected chi connectivity index (χ1v) is 7.48. The highest BCUT2D eigenvalue weighted by atomic mass is 19.3. The summed E-state index contributed by atoms with van der Waals surface area (Å²) in [5.41, 5.74) is -0.0218. The molecule has 2 rings (SSSR count). The number of halogens is 4. The van der Waals surface area contributed by atoms with E-state index in [1.54, 1.807) is 0 Å². The second kappa shape index (κ2) is 8.72. The van der Waals surface area contributed by atoms with Crippen molar-refractivity contribution < 1.29 is 31.8 Å². The summed E-state index contributed by atoms with van der Waals surface area (Å²) in [6, 6.07) is 3.21. The molecule has 1 heterocycles. The molecule has 2 N–H and O–H groups in total. The highest BCUT2D eigenvalue weighted by Gasteiger charge is 2.18. The van der Waals surface area contributed by atoms with E-state index in [0.29, 0.717) is 12.3 Å². The van der Waals surface area contributed by atoms with Crippen LogP contribution in [-0.4, -0.2) is 32.2 Å². The van der Waals surface area contributed by atoms with Gasteiger partial charge in [0.2, 0.25) is 5.91 Å². The molecule has 0 radical (unpaired) electrons. The van der Waals surface area contributed by atoms with Gasteiger partial charge in [0.1, 0.15) is 5.75 Å². The Kier molecular flexibility index (Phi) is 6.65. The molecule has 1 atom stereocenters. The smallest absolute Gasteiger partial charge is 0.387 e. The standard InChI is InChI=1S/C15H18F4N2O3/c16-14(17)23-10-2-3-11(12(7-10)24-15(18)19)21-13(22)4-1-9-5-6-20-8-9/h2-3,7,9,14-15,20H,1,4-6,8H2,(H,21,22). The summed E-state index contributed by atoms with van der Waals surface area (Å²) in [5, 5.41) is 5.65. The zero-order chi connectivity index (χ0) is 17.5. The Labute approximate surface area is 136 Å². The number of alkyl halides is 4. The Hall–Kier alpha value is -2.03. The lowest BCUT2D eigenvalue weighted by atomic mass is 10.0. The van der Waals surface area contributed by atoms with Gasteiger partial charge in [-0.3, -0.25) is 4.79 Å². The molecule has 1 unspecified atom stereocenters. The number of anilines is 1. The third-order valence-electron chi connectivity index (χ3n) is 3.61. The summed E-state index contributed by atoms with van der Waals surface area (Å²) < 4.78 is 57.7. The van der Waals surface area contributed by atoms with Gasteiger partial charge in [0.25, 0.3) is 0 Å². The summed E-state index contributed by atoms with van der Waals surface area (Å²) >= 11 is 0. The molecule has 1 fully saturated rings. The normalized spacial score (nSPS) is 17.3. The van der Waals surface area contributed by atoms with Gasteiger partial charge < -0.3 is 20.1 Å². The largest absolute Gasteiger partial charge is 0.435 e. The van der Waals surface area contributed by atoms with Crippen molar-refractivity contribution in [2.45, 2.75) is 32.5 Å². The fraction of sp³-hybridized carbons (Fsp3) is 0.533. The summed E-state index contributed by atoms with van der Waals surface area (Å²) in [6.07, 6.45) is 1.90. The molecule has 1 aliphatic rings. The van der Waals surface area contributed by atoms with Crippen LogP contribution in [0.1, 0.15) is 19.3 Å². The predicted octanol–water partition coefficient (Wildman–Crippen LogP) is 3.22. The number of ether oxygens (including phenoxy) is 2. The van der Waals surface area contributed by atoms with Gasteiger partial charge in [0, 0.05) is 12.5 Å². The van der Waals surface area contributed by atoms with Gasteiger partial charge in [-0.1, -0.05) is 0 Å². The molecule has 1 aromatic carbocycles. The van der Waals surface area contributed by atoms with Gasteiger partial charge in [-0.15, -0.1) is 0 Å². The minimum absolute atomic E-state index is 0.0218. The Balaban J connectivity index is 1.99. The van der Waals surface area contributed by atoms with Gasteiger partial charge in [-0.05, 0) is 44.0 Å². The zero-order valence-electron chi connectivity index (χ0n) is 12.7. The molecule has 1 aromatic rings. The second-order valence-corrected chi connectivity index (χ2v) is 5.36. The Bertz CT molecular complexity index is 552. The van der Waals surface area contributed by atoms with Gasteiger partial charge in [0.05, 0.1) is 5.69 Å². The molecule has 1 amide bonds. The van der Waals surface area contributed by atoms with E-state index in [2.05, 4.69) is 20.1 Å². The van der Waals surface area contributed by atoms with E-state index >= 15 is 0 Å². The monoisotopic (exact) mass is 350 g/mol. The summed E-state index contributed by atoms with van der Waals surface area (Å²) in [6.45, 7) is -4.48. The molecule has 0 aromatic heterocycles. The molecule has 0 saturated carbocycles. The van der Waals surface area contributed by atoms with Gasteiger partial charge >= 0.3 is 13.2 Å². The quantitative estimate of drug-likeness (QED) is 0.707. The molecule has 0 spiro atoms. The van der Waals surface area contributed by atoms with Crippen LogP contribution in [0.3, 0.4) is 0 Å². The van der Waals surface area contributed by atoms with Crippen LogP contribution in [0.2, 0.25) is 0 Å². The maximum Gasteiger partial charge on any atom is 0.387 e. The number of benzene rings is 1. The van der Waals surface area contributed by atoms with E-state index in [1.807, 2.05) is 0 Å². The van der Waals surface area contributed by atoms with E-state index in [4.69, 9.17) is 0 Å². The van der Waals surface area contributed by atoms with Crippen LogP contribution in [0.5, 0.6) is 11.5 Å². The van der Waals surface area contributed by atoms with Crippen molar-refractivity contribution in [3.05, 3.63) is 18.2 Å². The van der Waals surface area contributed by atoms with Crippen LogP contribution >= 0.6 is 0 Å². The topological polar surface area (TPSA) is 59.6 Å². The van der Waals surface area contributed by atoms with E-state index in [0.717, 1.165) is 31.6 Å². The molecule has 1 aliphatic heterocycles. The molecular formula is C15H18F4N2O3. The van der Waals surface area contributed by atoms with Gasteiger partial charge in [-0.25, -0.2) is 0 Å². The van der Waals surface area contributed by atoms with E-state index in [1.165, 1.54) is 6.07 Å². The second-order valence-electron chi connectivity index (χ2n) is 5.36. The Morgan fingerprint density at radius 3 is 2.62 bits per heavy atom. The van der Waals surface area contributed by atoms with Crippen molar-refractivity contribution in [3.8, 4) is 11.5 Å². The number of hydrogen-bond acceptors (Lipinski definition) is 4. The van der Waals surface area contributed by atoms with E-state index in [9.17, 15) is 22.4 Å². The van der Waals surface area contributed by atoms with Crippen LogP contribution in [0.25, 0.3) is 0 Å².